The lowest BCUT2D eigenvalue weighted by molar-refractivity contribution is 0.381. The molecule has 1 atom stereocenters. The van der Waals surface area contributed by atoms with E-state index in [9.17, 15) is 0 Å². The molecule has 0 saturated carbocycles. The van der Waals surface area contributed by atoms with E-state index >= 15 is 0 Å². The highest BCUT2D eigenvalue weighted by Gasteiger charge is 1.84. The van der Waals surface area contributed by atoms with Crippen LogP contribution in [0.25, 0.3) is 0 Å². The molecule has 0 bridgehead atoms. The first-order chi connectivity index (χ1) is 3.41. The van der Waals surface area contributed by atoms with E-state index in [0.29, 0.717) is 0 Å². The average molecular weight is 160 g/mol. The fraction of sp³-hybridized carbons (Fsp3) is 1.00. The smallest absolute Gasteiger partial charge is 0.264 e. The van der Waals surface area contributed by atoms with Crippen molar-refractivity contribution in [3.63, 3.8) is 0 Å². The van der Waals surface area contributed by atoms with Gasteiger partial charge in [0.05, 0.1) is 0 Å². The Morgan fingerprint density at radius 3 is 1.50 bits per heavy atom. The molecule has 0 aromatic heterocycles. The molecule has 52 valence electrons. The van der Waals surface area contributed by atoms with Crippen molar-refractivity contribution in [3.05, 3.63) is 0 Å². The quantitative estimate of drug-likeness (QED) is 0.393. The minimum absolute atomic E-state index is 1.17. The van der Waals surface area contributed by atoms with Crippen LogP contribution in [0.3, 0.4) is 0 Å². The molecule has 0 rings (SSSR count). The maximum atomic E-state index is 8.74. The first-order valence-corrected chi connectivity index (χ1v) is 4.03. The Kier molecular flexibility index (Phi) is 7.57. The number of rotatable bonds is 0. The highest BCUT2D eigenvalue weighted by molar-refractivity contribution is 7.79. The molecule has 0 aliphatic carbocycles. The van der Waals surface area contributed by atoms with E-state index in [1.54, 1.807) is 0 Å². The maximum Gasteiger partial charge on any atom is 0.394 e. The van der Waals surface area contributed by atoms with Gasteiger partial charge < -0.3 is 0 Å². The second kappa shape index (κ2) is 5.44. The van der Waals surface area contributed by atoms with E-state index in [0.717, 1.165) is 0 Å². The van der Waals surface area contributed by atoms with E-state index in [1.165, 1.54) is 6.16 Å². The van der Waals surface area contributed by atoms with Crippen molar-refractivity contribution < 1.29 is 17.5 Å². The molecule has 0 aromatic carbocycles. The van der Waals surface area contributed by atoms with Crippen molar-refractivity contribution in [2.75, 3.05) is 6.16 Å². The predicted octanol–water partition coefficient (Wildman–Crippen LogP) is 0.229. The molecule has 4 nitrogen and oxygen atoms in total. The summed E-state index contributed by atoms with van der Waals surface area (Å²) in [6, 6.07) is 0. The minimum Gasteiger partial charge on any atom is -0.264 e. The minimum atomic E-state index is -4.67. The Hall–Kier alpha value is 0.300. The van der Waals surface area contributed by atoms with Crippen molar-refractivity contribution in [3.8, 4) is 0 Å². The molecular formula is C2H9O4PS. The third-order valence-corrected chi connectivity index (χ3v) is 0. The third-order valence-electron chi connectivity index (χ3n) is 0. The first kappa shape index (κ1) is 11.1. The molecule has 0 radical (unpaired) electrons. The summed E-state index contributed by atoms with van der Waals surface area (Å²) in [7, 11) is -2.09. The van der Waals surface area contributed by atoms with E-state index in [2.05, 4.69) is 16.2 Å². The van der Waals surface area contributed by atoms with Crippen LogP contribution in [-0.4, -0.2) is 23.7 Å². The fourth-order valence-corrected chi connectivity index (χ4v) is 0. The Balaban J connectivity index is 0. The Morgan fingerprint density at radius 1 is 1.50 bits per heavy atom. The van der Waals surface area contributed by atoms with E-state index in [1.807, 2.05) is 0 Å². The predicted molar refractivity (Wildman–Crippen MR) is 34.4 cm³/mol. The van der Waals surface area contributed by atoms with E-state index in [-0.39, 0.29) is 0 Å². The zero-order chi connectivity index (χ0) is 7.21. The van der Waals surface area contributed by atoms with Crippen molar-refractivity contribution in [2.45, 2.75) is 6.92 Å². The zero-order valence-electron chi connectivity index (χ0n) is 4.40. The molecule has 6 heteroatoms. The van der Waals surface area contributed by atoms with Crippen LogP contribution in [0.5, 0.6) is 0 Å². The molecule has 0 aliphatic heterocycles. The molecule has 0 aliphatic rings. The third kappa shape index (κ3) is 1970. The topological polar surface area (TPSA) is 74.6 Å². The summed E-state index contributed by atoms with van der Waals surface area (Å²) in [5.41, 5.74) is 0. The van der Waals surface area contributed by atoms with Crippen molar-refractivity contribution in [2.24, 2.45) is 0 Å². The number of hydrogen-bond donors (Lipinski definition) is 2. The summed E-state index contributed by atoms with van der Waals surface area (Å²) in [5, 5.41) is 0. The summed E-state index contributed by atoms with van der Waals surface area (Å²) in [6.45, 7) is 2.09. The standard InChI is InChI=1S/C2H7P.H2O4S/c1-2-3;1-5(2,3)4/h2-3H2,1H3;(H2,1,2,3,4). The monoisotopic (exact) mass is 160 g/mol. The van der Waals surface area contributed by atoms with Crippen LogP contribution in [0.15, 0.2) is 0 Å². The molecule has 0 aromatic rings. The second-order valence-electron chi connectivity index (χ2n) is 0.856. The van der Waals surface area contributed by atoms with Gasteiger partial charge in [0.25, 0.3) is 0 Å². The lowest BCUT2D eigenvalue weighted by Gasteiger charge is -1.68. The van der Waals surface area contributed by atoms with Crippen LogP contribution >= 0.6 is 9.24 Å². The molecule has 0 spiro atoms. The summed E-state index contributed by atoms with van der Waals surface area (Å²) in [4.78, 5) is 0. The fourth-order valence-electron chi connectivity index (χ4n) is 0. The van der Waals surface area contributed by atoms with Gasteiger partial charge in [0.2, 0.25) is 0 Å². The van der Waals surface area contributed by atoms with Crippen molar-refractivity contribution in [1.82, 2.24) is 0 Å². The van der Waals surface area contributed by atoms with Crippen LogP contribution in [-0.2, 0) is 10.4 Å². The van der Waals surface area contributed by atoms with Crippen molar-refractivity contribution in [1.29, 1.82) is 0 Å². The van der Waals surface area contributed by atoms with Gasteiger partial charge in [-0.25, -0.2) is 0 Å². The molecule has 2 N–H and O–H groups in total. The highest BCUT2D eigenvalue weighted by atomic mass is 32.3. The van der Waals surface area contributed by atoms with Crippen LogP contribution in [0.2, 0.25) is 0 Å². The summed E-state index contributed by atoms with van der Waals surface area (Å²) in [6.07, 6.45) is 1.17. The van der Waals surface area contributed by atoms with Crippen molar-refractivity contribution >= 4 is 19.6 Å². The van der Waals surface area contributed by atoms with Crippen LogP contribution in [0, 0.1) is 0 Å². The van der Waals surface area contributed by atoms with Crippen LogP contribution < -0.4 is 0 Å². The molecule has 8 heavy (non-hydrogen) atoms. The summed E-state index contributed by atoms with van der Waals surface area (Å²) in [5.74, 6) is 0. The lowest BCUT2D eigenvalue weighted by atomic mass is 11.0. The summed E-state index contributed by atoms with van der Waals surface area (Å²) >= 11 is 0. The number of hydrogen-bond acceptors (Lipinski definition) is 2. The molecule has 1 unspecified atom stereocenters. The Bertz CT molecular complexity index is 108. The molecule has 0 amide bonds. The second-order valence-corrected chi connectivity index (χ2v) is 2.57. The van der Waals surface area contributed by atoms with Crippen LogP contribution in [0.4, 0.5) is 0 Å². The van der Waals surface area contributed by atoms with Gasteiger partial charge in [-0.3, -0.25) is 9.11 Å². The SMILES string of the molecule is CCP.O=S(=O)(O)O. The average Bonchev–Trinajstić information content (AvgIpc) is 1.27. The van der Waals surface area contributed by atoms with Gasteiger partial charge in [-0.05, 0) is 6.16 Å². The first-order valence-electron chi connectivity index (χ1n) is 1.81. The van der Waals surface area contributed by atoms with Gasteiger partial charge in [-0.15, -0.1) is 9.24 Å². The lowest BCUT2D eigenvalue weighted by Crippen LogP contribution is -1.89. The maximum absolute atomic E-state index is 8.74. The molecular weight excluding hydrogens is 151 g/mol. The molecule has 0 fully saturated rings. The van der Waals surface area contributed by atoms with Gasteiger partial charge in [-0.1, -0.05) is 6.92 Å². The molecule has 0 saturated heterocycles. The summed E-state index contributed by atoms with van der Waals surface area (Å²) < 4.78 is 31.6. The van der Waals surface area contributed by atoms with Gasteiger partial charge in [0, 0.05) is 0 Å². The largest absolute Gasteiger partial charge is 0.394 e. The van der Waals surface area contributed by atoms with Crippen LogP contribution in [0.1, 0.15) is 6.92 Å². The Labute approximate surface area is 51.1 Å². The van der Waals surface area contributed by atoms with E-state index < -0.39 is 10.4 Å². The van der Waals surface area contributed by atoms with Gasteiger partial charge in [0.15, 0.2) is 0 Å². The normalized spacial score (nSPS) is 9.50. The zero-order valence-corrected chi connectivity index (χ0v) is 6.37. The van der Waals surface area contributed by atoms with E-state index in [4.69, 9.17) is 17.5 Å². The van der Waals surface area contributed by atoms with Gasteiger partial charge in [-0.2, -0.15) is 8.42 Å². The van der Waals surface area contributed by atoms with Gasteiger partial charge >= 0.3 is 10.4 Å². The van der Waals surface area contributed by atoms with Gasteiger partial charge in [0.1, 0.15) is 0 Å². The highest BCUT2D eigenvalue weighted by Crippen LogP contribution is 1.68. The molecule has 0 heterocycles. The Morgan fingerprint density at radius 2 is 1.50 bits per heavy atom.